The smallest absolute Gasteiger partial charge is 0.410 e. The van der Waals surface area contributed by atoms with Gasteiger partial charge in [-0.15, -0.1) is 0 Å². The second-order valence-electron chi connectivity index (χ2n) is 16.8. The molecule has 7 rings (SSSR count). The number of hydrogen-bond acceptors (Lipinski definition) is 12. The molecule has 0 radical (unpaired) electrons. The summed E-state index contributed by atoms with van der Waals surface area (Å²) < 4.78 is 76.7. The normalized spacial score (nSPS) is 20.4. The van der Waals surface area contributed by atoms with Gasteiger partial charge in [0.1, 0.15) is 24.8 Å². The van der Waals surface area contributed by atoms with E-state index >= 15 is 0 Å². The van der Waals surface area contributed by atoms with E-state index in [0.717, 1.165) is 11.1 Å². The largest absolute Gasteiger partial charge is 0.502 e. The molecule has 0 saturated carbocycles. The first-order chi connectivity index (χ1) is 32.1. The van der Waals surface area contributed by atoms with Gasteiger partial charge in [0.15, 0.2) is 11.5 Å². The predicted molar refractivity (Wildman–Crippen MR) is 251 cm³/mol. The van der Waals surface area contributed by atoms with E-state index < -0.39 is 33.5 Å². The third-order valence-corrected chi connectivity index (χ3v) is 12.7. The van der Waals surface area contributed by atoms with Gasteiger partial charge in [-0.2, -0.15) is 13.1 Å². The second kappa shape index (κ2) is 22.7. The Morgan fingerprint density at radius 3 is 1.64 bits per heavy atom. The topological polar surface area (TPSA) is 194 Å². The fraction of sp³-hybridized carbons (Fsp3) is 0.347. The van der Waals surface area contributed by atoms with Crippen molar-refractivity contribution in [3.8, 4) is 17.2 Å². The highest BCUT2D eigenvalue weighted by Gasteiger charge is 2.42. The first-order valence-corrected chi connectivity index (χ1v) is 23.3. The van der Waals surface area contributed by atoms with Crippen molar-refractivity contribution in [2.45, 2.75) is 75.9 Å². The van der Waals surface area contributed by atoms with Crippen molar-refractivity contribution >= 4 is 33.9 Å². The van der Waals surface area contributed by atoms with Crippen LogP contribution >= 0.6 is 0 Å². The maximum atomic E-state index is 14.0. The number of aromatic hydroxyl groups is 1. The minimum atomic E-state index is -4.39. The standard InChI is InChI=1S/C28H32FN3O7S.C21H26FN3O2/c1-20-17-28(31-23-11-6-10-22(29)16-23,14-15-32(20)27(34)38-18-21-8-4-3-5-9-21)19-30-40(35,36)39-25-13-7-12-24(37-2)26(25)33;1-16-13-21(15-23,24-19-9-5-8-18(22)12-19)10-11-25(16)20(26)27-14-17-6-3-2-4-7-17/h3-13,16,20,30-31,33H,14-15,17-19H2,1-2H3;2-9,12,16,24H,10-11,13-15,23H2,1H3/t20-,28+;16-,21+/m00/s1. The molecule has 5 aromatic carbocycles. The summed E-state index contributed by atoms with van der Waals surface area (Å²) in [7, 11) is -3.06. The summed E-state index contributed by atoms with van der Waals surface area (Å²) >= 11 is 0. The van der Waals surface area contributed by atoms with Crippen molar-refractivity contribution < 1.29 is 50.3 Å². The number of amides is 2. The Morgan fingerprint density at radius 1 is 0.701 bits per heavy atom. The minimum absolute atomic E-state index is 0.0355. The number of phenols is 1. The number of phenolic OH excluding ortho intramolecular Hbond substituents is 1. The zero-order chi connectivity index (χ0) is 48.0. The molecule has 0 bridgehead atoms. The number of rotatable bonds is 15. The number of nitrogens with one attached hydrogen (secondary N) is 3. The molecule has 2 aliphatic rings. The summed E-state index contributed by atoms with van der Waals surface area (Å²) in [6, 6.07) is 35.0. The Balaban J connectivity index is 0.000000238. The third-order valence-electron chi connectivity index (χ3n) is 11.8. The Hall–Kier alpha value is -6.63. The van der Waals surface area contributed by atoms with Crippen molar-refractivity contribution in [3.63, 3.8) is 0 Å². The molecule has 6 N–H and O–H groups in total. The number of nitrogens with zero attached hydrogens (tertiary/aromatic N) is 2. The molecule has 2 saturated heterocycles. The van der Waals surface area contributed by atoms with Gasteiger partial charge in [-0.05, 0) is 99.2 Å². The summed E-state index contributed by atoms with van der Waals surface area (Å²) in [5.41, 5.74) is 7.75. The summed E-state index contributed by atoms with van der Waals surface area (Å²) in [6.45, 7) is 5.26. The molecule has 0 aliphatic carbocycles. The minimum Gasteiger partial charge on any atom is -0.502 e. The van der Waals surface area contributed by atoms with E-state index in [2.05, 4.69) is 15.4 Å². The number of carbonyl (C=O) groups is 2. The van der Waals surface area contributed by atoms with Gasteiger partial charge in [0.05, 0.1) is 18.2 Å². The number of anilines is 2. The van der Waals surface area contributed by atoms with E-state index in [9.17, 15) is 31.9 Å². The van der Waals surface area contributed by atoms with Crippen LogP contribution in [0.2, 0.25) is 0 Å². The van der Waals surface area contributed by atoms with E-state index in [0.29, 0.717) is 50.1 Å². The van der Waals surface area contributed by atoms with Crippen LogP contribution in [0.1, 0.15) is 50.7 Å². The summed E-state index contributed by atoms with van der Waals surface area (Å²) in [5, 5.41) is 16.9. The van der Waals surface area contributed by atoms with Crippen molar-refractivity contribution in [2.24, 2.45) is 5.73 Å². The fourth-order valence-electron chi connectivity index (χ4n) is 8.33. The van der Waals surface area contributed by atoms with Crippen molar-refractivity contribution in [1.82, 2.24) is 14.5 Å². The van der Waals surface area contributed by atoms with Crippen molar-refractivity contribution in [3.05, 3.63) is 150 Å². The number of likely N-dealkylation sites (tertiary alicyclic amines) is 2. The molecule has 0 aromatic heterocycles. The molecule has 5 aromatic rings. The van der Waals surface area contributed by atoms with E-state index in [4.69, 9.17) is 24.1 Å². The molecule has 4 atom stereocenters. The zero-order valence-corrected chi connectivity index (χ0v) is 38.5. The van der Waals surface area contributed by atoms with Gasteiger partial charge in [-0.3, -0.25) is 0 Å². The third kappa shape index (κ3) is 13.9. The molecule has 2 fully saturated rings. The second-order valence-corrected chi connectivity index (χ2v) is 18.1. The Morgan fingerprint density at radius 2 is 1.16 bits per heavy atom. The number of halogens is 2. The molecule has 15 nitrogen and oxygen atoms in total. The number of carbonyl (C=O) groups excluding carboxylic acids is 2. The number of piperidine rings is 2. The van der Waals surface area contributed by atoms with Crippen molar-refractivity contribution in [2.75, 3.05) is 43.9 Å². The summed E-state index contributed by atoms with van der Waals surface area (Å²) in [5.74, 6) is -1.45. The van der Waals surface area contributed by atoms with E-state index in [-0.39, 0.29) is 67.3 Å². The number of hydrogen-bond donors (Lipinski definition) is 5. The molecular weight excluding hydrogens is 887 g/mol. The van der Waals surface area contributed by atoms with Gasteiger partial charge in [-0.1, -0.05) is 78.9 Å². The molecular formula is C49H58F2N6O9S. The maximum absolute atomic E-state index is 14.0. The SMILES string of the molecule is COc1cccc(OS(=O)(=O)NC[C@@]2(Nc3cccc(F)c3)CCN(C(=O)OCc3ccccc3)[C@@H](C)C2)c1O.C[C@H]1C[C@](CN)(Nc2cccc(F)c2)CCN1C(=O)OCc1ccccc1. The molecule has 2 aliphatic heterocycles. The fourth-order valence-corrected chi connectivity index (χ4v) is 9.22. The van der Waals surface area contributed by atoms with Gasteiger partial charge in [0.25, 0.3) is 0 Å². The highest BCUT2D eigenvalue weighted by molar-refractivity contribution is 7.85. The average molecular weight is 945 g/mol. The lowest BCUT2D eigenvalue weighted by Crippen LogP contribution is -2.59. The summed E-state index contributed by atoms with van der Waals surface area (Å²) in [4.78, 5) is 28.7. The number of nitrogens with two attached hydrogens (primary N) is 1. The monoisotopic (exact) mass is 944 g/mol. The van der Waals surface area contributed by atoms with Crippen LogP contribution in [0.5, 0.6) is 17.2 Å². The van der Waals surface area contributed by atoms with Crippen LogP contribution in [0.3, 0.4) is 0 Å². The predicted octanol–water partition coefficient (Wildman–Crippen LogP) is 8.18. The lowest BCUT2D eigenvalue weighted by molar-refractivity contribution is 0.0591. The summed E-state index contributed by atoms with van der Waals surface area (Å²) in [6.07, 6.45) is 1.18. The van der Waals surface area contributed by atoms with Gasteiger partial charge >= 0.3 is 22.5 Å². The molecule has 0 spiro atoms. The van der Waals surface area contributed by atoms with E-state index in [1.807, 2.05) is 80.6 Å². The molecule has 18 heteroatoms. The molecule has 0 unspecified atom stereocenters. The number of benzene rings is 5. The highest BCUT2D eigenvalue weighted by Crippen LogP contribution is 2.37. The number of ether oxygens (including phenoxy) is 3. The van der Waals surface area contributed by atoms with Gasteiger partial charge in [0.2, 0.25) is 5.75 Å². The first kappa shape index (κ1) is 49.8. The van der Waals surface area contributed by atoms with Crippen LogP contribution in [-0.2, 0) is 33.0 Å². The van der Waals surface area contributed by atoms with Gasteiger partial charge in [-0.25, -0.2) is 18.4 Å². The zero-order valence-electron chi connectivity index (χ0n) is 37.7. The average Bonchev–Trinajstić information content (AvgIpc) is 3.31. The lowest BCUT2D eigenvalue weighted by Gasteiger charge is -2.46. The van der Waals surface area contributed by atoms with Crippen LogP contribution in [0, 0.1) is 11.6 Å². The lowest BCUT2D eigenvalue weighted by atomic mass is 9.83. The van der Waals surface area contributed by atoms with Crippen LogP contribution in [0.4, 0.5) is 29.7 Å². The molecule has 2 heterocycles. The molecule has 358 valence electrons. The van der Waals surface area contributed by atoms with Gasteiger partial charge in [0, 0.05) is 49.6 Å². The van der Waals surface area contributed by atoms with Crippen LogP contribution in [-0.4, -0.2) is 92.0 Å². The Labute approximate surface area is 390 Å². The van der Waals surface area contributed by atoms with Gasteiger partial charge < -0.3 is 49.7 Å². The van der Waals surface area contributed by atoms with Crippen LogP contribution in [0.25, 0.3) is 0 Å². The van der Waals surface area contributed by atoms with E-state index in [1.165, 1.54) is 49.6 Å². The first-order valence-electron chi connectivity index (χ1n) is 21.9. The quantitative estimate of drug-likeness (QED) is 0.0677. The number of methoxy groups -OCH3 is 1. The van der Waals surface area contributed by atoms with Crippen LogP contribution in [0.15, 0.2) is 127 Å². The van der Waals surface area contributed by atoms with E-state index in [1.54, 1.807) is 28.0 Å². The maximum Gasteiger partial charge on any atom is 0.410 e. The molecule has 2 amide bonds. The Kier molecular flexibility index (Phi) is 16.9. The highest BCUT2D eigenvalue weighted by atomic mass is 32.2. The molecule has 67 heavy (non-hydrogen) atoms. The van der Waals surface area contributed by atoms with Crippen LogP contribution < -0.4 is 30.0 Å². The Bertz CT molecular complexity index is 2530. The number of para-hydroxylation sites is 1. The van der Waals surface area contributed by atoms with Crippen molar-refractivity contribution in [1.29, 1.82) is 0 Å².